The molecule has 11 heteroatoms. The van der Waals surface area contributed by atoms with E-state index in [0.29, 0.717) is 23.8 Å². The maximum Gasteiger partial charge on any atom is 0.253 e. The molecule has 2 aromatic carbocycles. The van der Waals surface area contributed by atoms with E-state index < -0.39 is 5.25 Å². The average Bonchev–Trinajstić information content (AvgIpc) is 3.16. The Balaban J connectivity index is 1.61. The van der Waals surface area contributed by atoms with Crippen LogP contribution in [-0.4, -0.2) is 42.3 Å². The third-order valence-electron chi connectivity index (χ3n) is 4.44. The molecule has 4 N–H and O–H groups in total. The summed E-state index contributed by atoms with van der Waals surface area (Å²) in [5.74, 6) is 0.195. The molecule has 0 aliphatic rings. The monoisotopic (exact) mass is 578 g/mol. The van der Waals surface area contributed by atoms with Gasteiger partial charge in [-0.1, -0.05) is 17.8 Å². The first-order chi connectivity index (χ1) is 15.9. The largest absolute Gasteiger partial charge is 0.508 e. The molecule has 0 saturated carbocycles. The van der Waals surface area contributed by atoms with Crippen LogP contribution in [0.2, 0.25) is 0 Å². The molecule has 0 bridgehead atoms. The van der Waals surface area contributed by atoms with Crippen LogP contribution < -0.4 is 10.7 Å². The van der Waals surface area contributed by atoms with E-state index in [4.69, 9.17) is 0 Å². The van der Waals surface area contributed by atoms with E-state index in [-0.39, 0.29) is 17.4 Å². The highest BCUT2D eigenvalue weighted by atomic mass is 127. The van der Waals surface area contributed by atoms with Crippen LogP contribution in [0.4, 0.5) is 5.69 Å². The van der Waals surface area contributed by atoms with Crippen LogP contribution >= 0.6 is 34.4 Å². The highest BCUT2D eigenvalue weighted by molar-refractivity contribution is 14.1. The van der Waals surface area contributed by atoms with Crippen molar-refractivity contribution in [3.05, 3.63) is 70.1 Å². The minimum Gasteiger partial charge on any atom is -0.508 e. The number of hydrogen-bond acceptors (Lipinski definition) is 8. The van der Waals surface area contributed by atoms with Crippen molar-refractivity contribution in [3.63, 3.8) is 0 Å². The first kappa shape index (κ1) is 24.6. The van der Waals surface area contributed by atoms with Crippen molar-refractivity contribution in [1.82, 2.24) is 20.2 Å². The van der Waals surface area contributed by atoms with E-state index in [9.17, 15) is 15.0 Å². The Morgan fingerprint density at radius 2 is 2.03 bits per heavy atom. The molecule has 0 saturated heterocycles. The smallest absolute Gasteiger partial charge is 0.253 e. The topological polar surface area (TPSA) is 125 Å². The van der Waals surface area contributed by atoms with Gasteiger partial charge in [-0.05, 0) is 65.9 Å². The Bertz CT molecular complexity index is 1150. The molecule has 0 aliphatic heterocycles. The molecule has 0 aliphatic carbocycles. The number of hydrogen-bond donors (Lipinski definition) is 4. The Labute approximate surface area is 209 Å². The van der Waals surface area contributed by atoms with Crippen LogP contribution in [0.1, 0.15) is 18.3 Å². The van der Waals surface area contributed by atoms with Crippen LogP contribution in [0.5, 0.6) is 11.5 Å². The molecule has 1 aromatic heterocycles. The lowest BCUT2D eigenvalue weighted by molar-refractivity contribution is -0.120. The number of carbonyl (C=O) groups is 1. The number of amides is 1. The fourth-order valence-electron chi connectivity index (χ4n) is 2.71. The molecule has 9 nitrogen and oxygen atoms in total. The van der Waals surface area contributed by atoms with Gasteiger partial charge in [-0.25, -0.2) is 5.43 Å². The molecule has 0 radical (unpaired) electrons. The van der Waals surface area contributed by atoms with Gasteiger partial charge in [-0.3, -0.25) is 4.79 Å². The standard InChI is InChI=1S/C22H23IN6O3S/c1-3-10-29-20(13-24-17-7-5-16(23)6-8-17)26-28-22(29)33-14(2)21(32)27-25-12-15-4-9-18(30)11-19(15)31/h3-9,11-12,14,24,30-31H,1,10,13H2,2H3,(H,27,32)/b25-12+/t14-/m0/s1. The molecule has 3 rings (SSSR count). The summed E-state index contributed by atoms with van der Waals surface area (Å²) in [4.78, 5) is 12.5. The van der Waals surface area contributed by atoms with E-state index >= 15 is 0 Å². The lowest BCUT2D eigenvalue weighted by Gasteiger charge is -2.12. The highest BCUT2D eigenvalue weighted by Crippen LogP contribution is 2.24. The Hall–Kier alpha value is -3.06. The van der Waals surface area contributed by atoms with Crippen LogP contribution in [-0.2, 0) is 17.9 Å². The van der Waals surface area contributed by atoms with Crippen LogP contribution in [0.3, 0.4) is 0 Å². The van der Waals surface area contributed by atoms with Gasteiger partial charge in [-0.15, -0.1) is 16.8 Å². The summed E-state index contributed by atoms with van der Waals surface area (Å²) in [6, 6.07) is 12.1. The van der Waals surface area contributed by atoms with Gasteiger partial charge in [-0.2, -0.15) is 5.10 Å². The predicted molar refractivity (Wildman–Crippen MR) is 138 cm³/mol. The van der Waals surface area contributed by atoms with Gasteiger partial charge in [0, 0.05) is 27.4 Å². The number of rotatable bonds is 10. The van der Waals surface area contributed by atoms with E-state index in [1.165, 1.54) is 36.2 Å². The normalized spacial score (nSPS) is 11.9. The van der Waals surface area contributed by atoms with Gasteiger partial charge >= 0.3 is 0 Å². The number of halogens is 1. The summed E-state index contributed by atoms with van der Waals surface area (Å²) in [5.41, 5.74) is 3.79. The first-order valence-electron chi connectivity index (χ1n) is 9.91. The van der Waals surface area contributed by atoms with Crippen molar-refractivity contribution in [1.29, 1.82) is 0 Å². The van der Waals surface area contributed by atoms with Crippen molar-refractivity contribution in [2.45, 2.75) is 30.4 Å². The molecule has 1 atom stereocenters. The zero-order valence-corrected chi connectivity index (χ0v) is 20.7. The Morgan fingerprint density at radius 1 is 1.27 bits per heavy atom. The number of hydrazone groups is 1. The quantitative estimate of drug-likeness (QED) is 0.0951. The second kappa shape index (κ2) is 11.7. The van der Waals surface area contributed by atoms with Gasteiger partial charge in [0.05, 0.1) is 18.0 Å². The number of allylic oxidation sites excluding steroid dienone is 1. The second-order valence-electron chi connectivity index (χ2n) is 6.90. The maximum absolute atomic E-state index is 12.5. The van der Waals surface area contributed by atoms with E-state index in [2.05, 4.69) is 55.2 Å². The van der Waals surface area contributed by atoms with E-state index in [0.717, 1.165) is 15.1 Å². The fraction of sp³-hybridized carbons (Fsp3) is 0.182. The first-order valence-corrected chi connectivity index (χ1v) is 11.9. The SMILES string of the molecule is C=CCn1c(CNc2ccc(I)cc2)nnc1S[C@@H](C)C(=O)N/N=C/c1ccc(O)cc1O. The molecular weight excluding hydrogens is 555 g/mol. The number of phenolic OH excluding ortho intramolecular Hbond substituents is 2. The van der Waals surface area contributed by atoms with Gasteiger partial charge in [0.25, 0.3) is 5.91 Å². The number of carbonyl (C=O) groups excluding carboxylic acids is 1. The number of aromatic nitrogens is 3. The third kappa shape index (κ3) is 6.96. The maximum atomic E-state index is 12.5. The van der Waals surface area contributed by atoms with Gasteiger partial charge < -0.3 is 20.1 Å². The molecule has 0 unspecified atom stereocenters. The van der Waals surface area contributed by atoms with Gasteiger partial charge in [0.1, 0.15) is 11.5 Å². The number of nitrogens with one attached hydrogen (secondary N) is 2. The highest BCUT2D eigenvalue weighted by Gasteiger charge is 2.19. The predicted octanol–water partition coefficient (Wildman–Crippen LogP) is 3.72. The average molecular weight is 578 g/mol. The Kier molecular flexibility index (Phi) is 8.72. The number of aromatic hydroxyl groups is 2. The summed E-state index contributed by atoms with van der Waals surface area (Å²) >= 11 is 3.51. The Morgan fingerprint density at radius 3 is 2.73 bits per heavy atom. The fourth-order valence-corrected chi connectivity index (χ4v) is 3.94. The summed E-state index contributed by atoms with van der Waals surface area (Å²) in [7, 11) is 0. The number of nitrogens with zero attached hydrogens (tertiary/aromatic N) is 4. The molecule has 0 spiro atoms. The summed E-state index contributed by atoms with van der Waals surface area (Å²) in [6.07, 6.45) is 3.06. The summed E-state index contributed by atoms with van der Waals surface area (Å²) < 4.78 is 3.06. The third-order valence-corrected chi connectivity index (χ3v) is 6.24. The van der Waals surface area contributed by atoms with Gasteiger partial charge in [0.15, 0.2) is 11.0 Å². The molecule has 33 heavy (non-hydrogen) atoms. The molecule has 1 heterocycles. The van der Waals surface area contributed by atoms with Crippen molar-refractivity contribution in [2.75, 3.05) is 5.32 Å². The lowest BCUT2D eigenvalue weighted by atomic mass is 10.2. The number of anilines is 1. The van der Waals surface area contributed by atoms with Crippen molar-refractivity contribution in [2.24, 2.45) is 5.10 Å². The van der Waals surface area contributed by atoms with Crippen molar-refractivity contribution >= 4 is 52.2 Å². The molecule has 0 fully saturated rings. The van der Waals surface area contributed by atoms with E-state index in [1.807, 2.05) is 28.8 Å². The zero-order valence-electron chi connectivity index (χ0n) is 17.8. The van der Waals surface area contributed by atoms with Crippen molar-refractivity contribution in [3.8, 4) is 11.5 Å². The van der Waals surface area contributed by atoms with Gasteiger partial charge in [0.2, 0.25) is 0 Å². The van der Waals surface area contributed by atoms with Crippen LogP contribution in [0.25, 0.3) is 0 Å². The molecular formula is C22H23IN6O3S. The lowest BCUT2D eigenvalue weighted by Crippen LogP contribution is -2.27. The summed E-state index contributed by atoms with van der Waals surface area (Å²) in [5, 5.41) is 34.9. The molecule has 172 valence electrons. The number of benzene rings is 2. The van der Waals surface area contributed by atoms with Crippen LogP contribution in [0.15, 0.2) is 65.4 Å². The zero-order chi connectivity index (χ0) is 23.8. The number of thioether (sulfide) groups is 1. The minimum atomic E-state index is -0.500. The van der Waals surface area contributed by atoms with E-state index in [1.54, 1.807) is 13.0 Å². The number of phenols is 2. The second-order valence-corrected chi connectivity index (χ2v) is 9.45. The molecule has 1 amide bonds. The van der Waals surface area contributed by atoms with Crippen molar-refractivity contribution < 1.29 is 15.0 Å². The minimum absolute atomic E-state index is 0.0598. The molecule has 3 aromatic rings. The van der Waals surface area contributed by atoms with Crippen LogP contribution in [0, 0.1) is 3.57 Å². The summed E-state index contributed by atoms with van der Waals surface area (Å²) in [6.45, 7) is 6.52.